The minimum atomic E-state index is -1.75. The van der Waals surface area contributed by atoms with Gasteiger partial charge in [-0.3, -0.25) is 0 Å². The Morgan fingerprint density at radius 1 is 1.33 bits per heavy atom. The number of hydrogen-bond donors (Lipinski definition) is 0. The van der Waals surface area contributed by atoms with Crippen LogP contribution in [-0.2, 0) is 31.3 Å². The van der Waals surface area contributed by atoms with Crippen molar-refractivity contribution in [2.75, 3.05) is 0 Å². The third kappa shape index (κ3) is 40800. The van der Waals surface area contributed by atoms with E-state index in [2.05, 4.69) is 0 Å². The number of hydrogen-bond acceptors (Lipinski definition) is 3. The first-order valence-electron chi connectivity index (χ1n) is 0.548. The molecule has 0 radical (unpaired) electrons. The number of nitrogens with zero attached hydrogens (tertiary/aromatic N) is 1. The fraction of sp³-hybridized carbons (Fsp3) is 0. The first kappa shape index (κ1) is 16.6. The monoisotopic (exact) mass is 258 g/mol. The molecule has 0 aliphatic heterocycles. The Balaban J connectivity index is -0.0000000450. The van der Waals surface area contributed by atoms with Gasteiger partial charge in [0.05, 0.1) is 5.09 Å². The number of rotatable bonds is 0. The van der Waals surface area contributed by atoms with E-state index in [-0.39, 0.29) is 31.3 Å². The van der Waals surface area contributed by atoms with Crippen LogP contribution in [0.15, 0.2) is 0 Å². The summed E-state index contributed by atoms with van der Waals surface area (Å²) < 4.78 is 0. The maximum Gasteiger partial charge on any atom is 0.0689 e. The molecule has 0 rings (SSSR count). The molecule has 0 atom stereocenters. The molecule has 6 heavy (non-hydrogen) atoms. The van der Waals surface area contributed by atoms with Crippen molar-refractivity contribution < 1.29 is 36.4 Å². The SMILES string of the molecule is O=[N+]([O-])[O-].[Hf].[O-2]. The van der Waals surface area contributed by atoms with Gasteiger partial charge in [-0.2, -0.15) is 0 Å². The minimum absolute atomic E-state index is 0. The molecule has 0 aromatic heterocycles. The van der Waals surface area contributed by atoms with E-state index in [0.717, 1.165) is 0 Å². The molecule has 0 amide bonds. The van der Waals surface area contributed by atoms with Crippen molar-refractivity contribution in [3.63, 3.8) is 0 Å². The third-order valence-electron chi connectivity index (χ3n) is 0. The smallest absolute Gasteiger partial charge is 0.0689 e. The van der Waals surface area contributed by atoms with Crippen molar-refractivity contribution in [3.05, 3.63) is 15.3 Å². The fourth-order valence-electron chi connectivity index (χ4n) is 0. The molecule has 0 saturated carbocycles. The zero-order valence-corrected chi connectivity index (χ0v) is 6.17. The van der Waals surface area contributed by atoms with Crippen LogP contribution in [0.1, 0.15) is 0 Å². The average Bonchev–Trinajstić information content (AvgIpc) is 0.811. The van der Waals surface area contributed by atoms with Crippen LogP contribution in [0.4, 0.5) is 0 Å². The van der Waals surface area contributed by atoms with Crippen LogP contribution in [0.25, 0.3) is 0 Å². The molecule has 0 aliphatic rings. The van der Waals surface area contributed by atoms with Crippen molar-refractivity contribution >= 4 is 0 Å². The summed E-state index contributed by atoms with van der Waals surface area (Å²) in [6.45, 7) is 0. The standard InChI is InChI=1S/Hf.NO3.O/c;2-1(3)4;/q;-1;-2. The third-order valence-corrected chi connectivity index (χ3v) is 0. The van der Waals surface area contributed by atoms with Crippen LogP contribution in [0, 0.1) is 15.3 Å². The summed E-state index contributed by atoms with van der Waals surface area (Å²) in [7, 11) is 0. The summed E-state index contributed by atoms with van der Waals surface area (Å²) >= 11 is 0. The van der Waals surface area contributed by atoms with E-state index >= 15 is 0 Å². The molecule has 36 valence electrons. The Morgan fingerprint density at radius 3 is 1.33 bits per heavy atom. The first-order chi connectivity index (χ1) is 1.73. The molecule has 0 aromatic carbocycles. The van der Waals surface area contributed by atoms with Gasteiger partial charge in [0.2, 0.25) is 0 Å². The summed E-state index contributed by atoms with van der Waals surface area (Å²) in [4.78, 5) is 8.25. The van der Waals surface area contributed by atoms with Crippen molar-refractivity contribution in [1.82, 2.24) is 0 Å². The Bertz CT molecular complexity index is 30.5. The summed E-state index contributed by atoms with van der Waals surface area (Å²) in [5, 5.41) is 14.8. The minimum Gasteiger partial charge on any atom is -2.00 e. The van der Waals surface area contributed by atoms with E-state index in [1.54, 1.807) is 0 Å². The predicted molar refractivity (Wildman–Crippen MR) is 11.0 cm³/mol. The summed E-state index contributed by atoms with van der Waals surface area (Å²) in [6, 6.07) is 0. The van der Waals surface area contributed by atoms with Crippen LogP contribution in [-0.4, -0.2) is 5.09 Å². The van der Waals surface area contributed by atoms with E-state index < -0.39 is 5.09 Å². The molecule has 0 spiro atoms. The van der Waals surface area contributed by atoms with Gasteiger partial charge in [0.15, 0.2) is 0 Å². The first-order valence-corrected chi connectivity index (χ1v) is 0.548. The molecular weight excluding hydrogens is 256 g/mol. The van der Waals surface area contributed by atoms with Gasteiger partial charge in [0.25, 0.3) is 0 Å². The molecule has 0 aliphatic carbocycles. The van der Waals surface area contributed by atoms with Crippen LogP contribution in [0.2, 0.25) is 0 Å². The van der Waals surface area contributed by atoms with Crippen molar-refractivity contribution in [2.24, 2.45) is 0 Å². The second-order valence-corrected chi connectivity index (χ2v) is 0.224. The van der Waals surface area contributed by atoms with E-state index in [9.17, 15) is 0 Å². The quantitative estimate of drug-likeness (QED) is 0.336. The molecule has 0 N–H and O–H groups in total. The Labute approximate surface area is 52.2 Å². The predicted octanol–water partition coefficient (Wildman–Crippen LogP) is -0.360. The van der Waals surface area contributed by atoms with Crippen LogP contribution >= 0.6 is 0 Å². The van der Waals surface area contributed by atoms with Crippen LogP contribution < -0.4 is 0 Å². The van der Waals surface area contributed by atoms with Gasteiger partial charge in [0.1, 0.15) is 0 Å². The van der Waals surface area contributed by atoms with E-state index in [4.69, 9.17) is 15.3 Å². The van der Waals surface area contributed by atoms with Crippen LogP contribution in [0.3, 0.4) is 0 Å². The topological polar surface area (TPSA) is 94.7 Å². The second kappa shape index (κ2) is 8.90. The zero-order valence-electron chi connectivity index (χ0n) is 2.58. The van der Waals surface area contributed by atoms with Gasteiger partial charge in [-0.05, 0) is 0 Å². The van der Waals surface area contributed by atoms with Crippen molar-refractivity contribution in [1.29, 1.82) is 0 Å². The zero-order chi connectivity index (χ0) is 3.58. The van der Waals surface area contributed by atoms with E-state index in [1.165, 1.54) is 0 Å². The average molecular weight is 256 g/mol. The molecule has 6 heteroatoms. The molecular formula is HfNO4-3. The molecule has 0 aromatic rings. The summed E-state index contributed by atoms with van der Waals surface area (Å²) in [5.74, 6) is 0. The normalized spacial score (nSPS) is 4.00. The molecule has 0 unspecified atom stereocenters. The van der Waals surface area contributed by atoms with Crippen molar-refractivity contribution in [2.45, 2.75) is 0 Å². The van der Waals surface area contributed by atoms with E-state index in [0.29, 0.717) is 0 Å². The van der Waals surface area contributed by atoms with Gasteiger partial charge in [-0.25, -0.2) is 0 Å². The van der Waals surface area contributed by atoms with Gasteiger partial charge < -0.3 is 20.8 Å². The van der Waals surface area contributed by atoms with Gasteiger partial charge in [-0.15, -0.1) is 0 Å². The van der Waals surface area contributed by atoms with Crippen molar-refractivity contribution in [3.8, 4) is 0 Å². The summed E-state index contributed by atoms with van der Waals surface area (Å²) in [6.07, 6.45) is 0. The molecule has 0 heterocycles. The maximum atomic E-state index is 8.25. The summed E-state index contributed by atoms with van der Waals surface area (Å²) in [5.41, 5.74) is 0. The van der Waals surface area contributed by atoms with Crippen LogP contribution in [0.5, 0.6) is 0 Å². The fourth-order valence-corrected chi connectivity index (χ4v) is 0. The molecule has 0 bridgehead atoms. The Hall–Kier alpha value is 0.0301. The Kier molecular flexibility index (Phi) is 24.6. The second-order valence-electron chi connectivity index (χ2n) is 0.224. The largest absolute Gasteiger partial charge is 2.00 e. The molecule has 0 fully saturated rings. The van der Waals surface area contributed by atoms with E-state index in [1.807, 2.05) is 0 Å². The maximum absolute atomic E-state index is 8.25. The molecule has 0 saturated heterocycles. The Morgan fingerprint density at radius 2 is 1.33 bits per heavy atom. The van der Waals surface area contributed by atoms with Gasteiger partial charge >= 0.3 is 0 Å². The van der Waals surface area contributed by atoms with Gasteiger partial charge in [0, 0.05) is 25.8 Å². The molecule has 5 nitrogen and oxygen atoms in total. The van der Waals surface area contributed by atoms with Gasteiger partial charge in [-0.1, -0.05) is 0 Å².